The number of nitrogens with zero attached hydrogens (tertiary/aromatic N) is 3. The number of carbonyl (C=O) groups excluding carboxylic acids is 1. The quantitative estimate of drug-likeness (QED) is 0.288. The van der Waals surface area contributed by atoms with E-state index in [1.807, 2.05) is 35.2 Å². The summed E-state index contributed by atoms with van der Waals surface area (Å²) in [6.45, 7) is 4.81. The lowest BCUT2D eigenvalue weighted by Gasteiger charge is -2.21. The van der Waals surface area contributed by atoms with Crippen LogP contribution in [0.3, 0.4) is 0 Å². The molecule has 1 aliphatic rings. The molecule has 1 heterocycles. The maximum absolute atomic E-state index is 12.5. The van der Waals surface area contributed by atoms with E-state index in [1.54, 1.807) is 18.2 Å². The monoisotopic (exact) mass is 409 g/mol. The summed E-state index contributed by atoms with van der Waals surface area (Å²) >= 11 is 0. The van der Waals surface area contributed by atoms with Gasteiger partial charge in [-0.15, -0.1) is 0 Å². The van der Waals surface area contributed by atoms with Crippen molar-refractivity contribution < 1.29 is 14.5 Å². The molecule has 0 aromatic heterocycles. The molecule has 0 saturated carbocycles. The molecule has 1 saturated heterocycles. The number of benzene rings is 2. The molecule has 0 atom stereocenters. The van der Waals surface area contributed by atoms with Crippen LogP contribution in [0.25, 0.3) is 6.08 Å². The number of carbonyl (C=O) groups is 1. The van der Waals surface area contributed by atoms with Gasteiger partial charge in [-0.25, -0.2) is 0 Å². The summed E-state index contributed by atoms with van der Waals surface area (Å²) in [5.41, 5.74) is 0.665. The zero-order valence-corrected chi connectivity index (χ0v) is 17.0. The van der Waals surface area contributed by atoms with Gasteiger partial charge in [-0.3, -0.25) is 14.9 Å². The number of nitro benzene ring substituents is 1. The molecule has 7 nitrogen and oxygen atoms in total. The average molecular weight is 409 g/mol. The maximum atomic E-state index is 12.5. The van der Waals surface area contributed by atoms with Crippen molar-refractivity contribution in [2.75, 3.05) is 39.3 Å². The maximum Gasteiger partial charge on any atom is 0.270 e. The van der Waals surface area contributed by atoms with Gasteiger partial charge in [0.05, 0.1) is 11.5 Å². The van der Waals surface area contributed by atoms with E-state index in [1.165, 1.54) is 18.2 Å². The lowest BCUT2D eigenvalue weighted by atomic mass is 10.2. The Bertz CT molecular complexity index is 870. The molecule has 0 N–H and O–H groups in total. The van der Waals surface area contributed by atoms with E-state index >= 15 is 0 Å². The fourth-order valence-electron chi connectivity index (χ4n) is 3.42. The molecule has 0 spiro atoms. The zero-order valence-electron chi connectivity index (χ0n) is 17.0. The van der Waals surface area contributed by atoms with Crippen molar-refractivity contribution in [1.29, 1.82) is 0 Å². The second-order valence-corrected chi connectivity index (χ2v) is 7.22. The second-order valence-electron chi connectivity index (χ2n) is 7.22. The molecule has 7 heteroatoms. The van der Waals surface area contributed by atoms with Gasteiger partial charge in [0.25, 0.3) is 5.69 Å². The molecule has 2 aromatic rings. The van der Waals surface area contributed by atoms with Crippen LogP contribution in [0.1, 0.15) is 18.4 Å². The molecule has 1 fully saturated rings. The molecule has 0 aliphatic carbocycles. The minimum absolute atomic E-state index is 0.0197. The third kappa shape index (κ3) is 6.70. The Kier molecular flexibility index (Phi) is 7.97. The first-order valence-electron chi connectivity index (χ1n) is 10.2. The van der Waals surface area contributed by atoms with Crippen molar-refractivity contribution in [1.82, 2.24) is 9.80 Å². The van der Waals surface area contributed by atoms with Crippen LogP contribution in [-0.4, -0.2) is 60.0 Å². The number of nitro groups is 1. The number of ether oxygens (including phenoxy) is 1. The van der Waals surface area contributed by atoms with Gasteiger partial charge in [0.15, 0.2) is 0 Å². The highest BCUT2D eigenvalue weighted by molar-refractivity contribution is 5.91. The van der Waals surface area contributed by atoms with Crippen molar-refractivity contribution in [3.63, 3.8) is 0 Å². The van der Waals surface area contributed by atoms with E-state index in [0.29, 0.717) is 18.7 Å². The molecule has 1 aliphatic heterocycles. The lowest BCUT2D eigenvalue weighted by Crippen LogP contribution is -2.34. The van der Waals surface area contributed by atoms with Crippen LogP contribution in [0.4, 0.5) is 5.69 Å². The van der Waals surface area contributed by atoms with E-state index in [4.69, 9.17) is 4.74 Å². The summed E-state index contributed by atoms with van der Waals surface area (Å²) in [4.78, 5) is 27.2. The molecule has 3 rings (SSSR count). The van der Waals surface area contributed by atoms with Crippen LogP contribution >= 0.6 is 0 Å². The normalized spacial score (nSPS) is 15.1. The van der Waals surface area contributed by atoms with Crippen molar-refractivity contribution >= 4 is 17.7 Å². The summed E-state index contributed by atoms with van der Waals surface area (Å²) in [5, 5.41) is 10.9. The predicted octanol–water partition coefficient (Wildman–Crippen LogP) is 3.61. The summed E-state index contributed by atoms with van der Waals surface area (Å²) in [6, 6.07) is 16.1. The molecule has 2 aromatic carbocycles. The molecule has 30 heavy (non-hydrogen) atoms. The van der Waals surface area contributed by atoms with E-state index in [0.717, 1.165) is 44.8 Å². The number of hydrogen-bond donors (Lipinski definition) is 0. The second kappa shape index (κ2) is 11.1. The van der Waals surface area contributed by atoms with E-state index in [9.17, 15) is 14.9 Å². The zero-order chi connectivity index (χ0) is 21.2. The highest BCUT2D eigenvalue weighted by Crippen LogP contribution is 2.15. The first-order valence-corrected chi connectivity index (χ1v) is 10.2. The van der Waals surface area contributed by atoms with Crippen LogP contribution in [-0.2, 0) is 4.79 Å². The molecule has 158 valence electrons. The Hall–Kier alpha value is -3.19. The fourth-order valence-corrected chi connectivity index (χ4v) is 3.42. The Labute approximate surface area is 176 Å². The van der Waals surface area contributed by atoms with Crippen molar-refractivity contribution in [3.05, 3.63) is 76.4 Å². The number of hydrogen-bond acceptors (Lipinski definition) is 5. The summed E-state index contributed by atoms with van der Waals surface area (Å²) in [7, 11) is 0. The van der Waals surface area contributed by atoms with Crippen molar-refractivity contribution in [2.45, 2.75) is 12.8 Å². The van der Waals surface area contributed by atoms with Crippen LogP contribution in [0.5, 0.6) is 5.75 Å². The number of amides is 1. The number of para-hydroxylation sites is 1. The van der Waals surface area contributed by atoms with Gasteiger partial charge in [-0.2, -0.15) is 0 Å². The van der Waals surface area contributed by atoms with Crippen LogP contribution in [0.15, 0.2) is 60.7 Å². The predicted molar refractivity (Wildman–Crippen MR) is 116 cm³/mol. The summed E-state index contributed by atoms with van der Waals surface area (Å²) in [5.74, 6) is 0.830. The average Bonchev–Trinajstić information content (AvgIpc) is 3.02. The van der Waals surface area contributed by atoms with Crippen LogP contribution < -0.4 is 4.74 Å². The third-order valence-electron chi connectivity index (χ3n) is 5.03. The first-order chi connectivity index (χ1) is 14.6. The molecule has 0 bridgehead atoms. The summed E-state index contributed by atoms with van der Waals surface area (Å²) in [6.07, 6.45) is 5.01. The van der Waals surface area contributed by atoms with Gasteiger partial charge >= 0.3 is 0 Å². The molecule has 0 radical (unpaired) electrons. The Morgan fingerprint density at radius 2 is 1.90 bits per heavy atom. The molecule has 0 unspecified atom stereocenters. The SMILES string of the molecule is O=C(C=Cc1cccc([N+](=O)[O-])c1)N1CCCN(CCCOc2ccccc2)CC1. The van der Waals surface area contributed by atoms with Crippen molar-refractivity contribution in [2.24, 2.45) is 0 Å². The van der Waals surface area contributed by atoms with Crippen molar-refractivity contribution in [3.8, 4) is 5.75 Å². The molecular weight excluding hydrogens is 382 g/mol. The lowest BCUT2D eigenvalue weighted by molar-refractivity contribution is -0.384. The fraction of sp³-hybridized carbons (Fsp3) is 0.348. The minimum Gasteiger partial charge on any atom is -0.494 e. The first kappa shape index (κ1) is 21.5. The highest BCUT2D eigenvalue weighted by atomic mass is 16.6. The van der Waals surface area contributed by atoms with E-state index < -0.39 is 4.92 Å². The Morgan fingerprint density at radius 1 is 1.07 bits per heavy atom. The minimum atomic E-state index is -0.437. The summed E-state index contributed by atoms with van der Waals surface area (Å²) < 4.78 is 5.74. The Morgan fingerprint density at radius 3 is 2.70 bits per heavy atom. The van der Waals surface area contributed by atoms with Gasteiger partial charge in [-0.1, -0.05) is 30.3 Å². The van der Waals surface area contributed by atoms with Gasteiger partial charge in [-0.05, 0) is 43.2 Å². The van der Waals surface area contributed by atoms with Crippen LogP contribution in [0, 0.1) is 10.1 Å². The highest BCUT2D eigenvalue weighted by Gasteiger charge is 2.17. The number of non-ortho nitro benzene ring substituents is 1. The Balaban J connectivity index is 1.42. The van der Waals surface area contributed by atoms with E-state index in [-0.39, 0.29) is 11.6 Å². The van der Waals surface area contributed by atoms with Gasteiger partial charge in [0, 0.05) is 44.4 Å². The molecule has 1 amide bonds. The largest absolute Gasteiger partial charge is 0.494 e. The smallest absolute Gasteiger partial charge is 0.270 e. The molecular formula is C23H27N3O4. The topological polar surface area (TPSA) is 75.9 Å². The van der Waals surface area contributed by atoms with Gasteiger partial charge in [0.1, 0.15) is 5.75 Å². The van der Waals surface area contributed by atoms with E-state index in [2.05, 4.69) is 4.90 Å². The number of rotatable bonds is 8. The van der Waals surface area contributed by atoms with Gasteiger partial charge < -0.3 is 14.5 Å². The van der Waals surface area contributed by atoms with Crippen LogP contribution in [0.2, 0.25) is 0 Å². The third-order valence-corrected chi connectivity index (χ3v) is 5.03. The standard InChI is InChI=1S/C23H27N3O4/c27-23(12-11-20-7-4-8-21(19-20)26(28)29)25-15-5-13-24(16-17-25)14-6-18-30-22-9-2-1-3-10-22/h1-4,7-12,19H,5-6,13-18H2. The van der Waals surface area contributed by atoms with Gasteiger partial charge in [0.2, 0.25) is 5.91 Å².